The molecular formula is C12H18Cl2N2. The van der Waals surface area contributed by atoms with Gasteiger partial charge in [0.05, 0.1) is 0 Å². The average molecular weight is 261 g/mol. The van der Waals surface area contributed by atoms with Gasteiger partial charge in [-0.3, -0.25) is 0 Å². The Morgan fingerprint density at radius 3 is 2.44 bits per heavy atom. The van der Waals surface area contributed by atoms with Crippen molar-refractivity contribution in [3.63, 3.8) is 0 Å². The van der Waals surface area contributed by atoms with Crippen LogP contribution in [0.1, 0.15) is 31.9 Å². The van der Waals surface area contributed by atoms with Gasteiger partial charge >= 0.3 is 0 Å². The first-order valence-electron chi connectivity index (χ1n) is 5.24. The zero-order chi connectivity index (χ0) is 12.3. The molecule has 90 valence electrons. The molecule has 0 saturated carbocycles. The molecule has 0 amide bonds. The molecule has 0 aliphatic heterocycles. The highest BCUT2D eigenvalue weighted by Gasteiger charge is 2.21. The van der Waals surface area contributed by atoms with Gasteiger partial charge in [0.2, 0.25) is 0 Å². The SMILES string of the molecule is CNC(CC(C)(C)N)c1ccc(Cl)cc1Cl. The van der Waals surface area contributed by atoms with Gasteiger partial charge in [-0.05, 0) is 45.0 Å². The van der Waals surface area contributed by atoms with Gasteiger partial charge in [0.1, 0.15) is 0 Å². The van der Waals surface area contributed by atoms with E-state index in [2.05, 4.69) is 5.32 Å². The maximum Gasteiger partial charge on any atom is 0.0468 e. The Morgan fingerprint density at radius 2 is 2.00 bits per heavy atom. The molecule has 4 heteroatoms. The van der Waals surface area contributed by atoms with Crippen molar-refractivity contribution in [3.8, 4) is 0 Å². The third kappa shape index (κ3) is 3.95. The van der Waals surface area contributed by atoms with Crippen molar-refractivity contribution >= 4 is 23.2 Å². The molecule has 0 saturated heterocycles. The molecule has 0 fully saturated rings. The third-order valence-corrected chi connectivity index (χ3v) is 2.98. The quantitative estimate of drug-likeness (QED) is 0.871. The summed E-state index contributed by atoms with van der Waals surface area (Å²) in [5, 5.41) is 4.55. The molecule has 0 heterocycles. The predicted octanol–water partition coefficient (Wildman–Crippen LogP) is 3.38. The molecule has 0 bridgehead atoms. The molecule has 1 rings (SSSR count). The molecule has 0 spiro atoms. The first-order chi connectivity index (χ1) is 7.33. The topological polar surface area (TPSA) is 38.0 Å². The molecule has 1 aromatic carbocycles. The summed E-state index contributed by atoms with van der Waals surface area (Å²) in [5.41, 5.74) is 6.82. The lowest BCUT2D eigenvalue weighted by Crippen LogP contribution is -2.36. The van der Waals surface area contributed by atoms with Crippen LogP contribution in [0.5, 0.6) is 0 Å². The highest BCUT2D eigenvalue weighted by molar-refractivity contribution is 6.35. The predicted molar refractivity (Wildman–Crippen MR) is 71.1 cm³/mol. The van der Waals surface area contributed by atoms with E-state index in [0.29, 0.717) is 10.0 Å². The van der Waals surface area contributed by atoms with E-state index >= 15 is 0 Å². The highest BCUT2D eigenvalue weighted by Crippen LogP contribution is 2.30. The van der Waals surface area contributed by atoms with Crippen LogP contribution in [0, 0.1) is 0 Å². The van der Waals surface area contributed by atoms with Crippen LogP contribution in [-0.4, -0.2) is 12.6 Å². The van der Waals surface area contributed by atoms with E-state index in [1.807, 2.05) is 33.0 Å². The summed E-state index contributed by atoms with van der Waals surface area (Å²) in [6.45, 7) is 4.00. The summed E-state index contributed by atoms with van der Waals surface area (Å²) in [5.74, 6) is 0. The highest BCUT2D eigenvalue weighted by atomic mass is 35.5. The number of nitrogens with two attached hydrogens (primary N) is 1. The Bertz CT molecular complexity index is 359. The molecule has 1 aromatic rings. The van der Waals surface area contributed by atoms with E-state index in [0.717, 1.165) is 12.0 Å². The van der Waals surface area contributed by atoms with Crippen molar-refractivity contribution in [2.45, 2.75) is 31.8 Å². The standard InChI is InChI=1S/C12H18Cl2N2/c1-12(2,15)7-11(16-3)9-5-4-8(13)6-10(9)14/h4-6,11,16H,7,15H2,1-3H3. The summed E-state index contributed by atoms with van der Waals surface area (Å²) in [6, 6.07) is 5.69. The average Bonchev–Trinajstić information content (AvgIpc) is 2.13. The second kappa shape index (κ2) is 5.37. The first-order valence-corrected chi connectivity index (χ1v) is 6.00. The zero-order valence-electron chi connectivity index (χ0n) is 9.85. The lowest BCUT2D eigenvalue weighted by Gasteiger charge is -2.26. The number of nitrogens with one attached hydrogen (secondary N) is 1. The van der Waals surface area contributed by atoms with E-state index in [-0.39, 0.29) is 11.6 Å². The van der Waals surface area contributed by atoms with Gasteiger partial charge < -0.3 is 11.1 Å². The third-order valence-electron chi connectivity index (χ3n) is 2.42. The van der Waals surface area contributed by atoms with E-state index in [9.17, 15) is 0 Å². The number of benzene rings is 1. The van der Waals surface area contributed by atoms with Crippen LogP contribution in [-0.2, 0) is 0 Å². The molecule has 0 aliphatic rings. The molecule has 3 N–H and O–H groups in total. The van der Waals surface area contributed by atoms with Gasteiger partial charge in [-0.1, -0.05) is 29.3 Å². The Hall–Kier alpha value is -0.280. The Morgan fingerprint density at radius 1 is 1.38 bits per heavy atom. The number of hydrogen-bond donors (Lipinski definition) is 2. The van der Waals surface area contributed by atoms with Crippen LogP contribution in [0.2, 0.25) is 10.0 Å². The summed E-state index contributed by atoms with van der Waals surface area (Å²) >= 11 is 12.0. The largest absolute Gasteiger partial charge is 0.325 e. The minimum Gasteiger partial charge on any atom is -0.325 e. The molecule has 2 nitrogen and oxygen atoms in total. The molecule has 1 atom stereocenters. The molecule has 0 radical (unpaired) electrons. The number of hydrogen-bond acceptors (Lipinski definition) is 2. The van der Waals surface area contributed by atoms with Crippen LogP contribution in [0.25, 0.3) is 0 Å². The van der Waals surface area contributed by atoms with Crippen LogP contribution in [0.3, 0.4) is 0 Å². The van der Waals surface area contributed by atoms with Gasteiger partial charge in [0.25, 0.3) is 0 Å². The van der Waals surface area contributed by atoms with Crippen molar-refractivity contribution in [1.29, 1.82) is 0 Å². The molecular weight excluding hydrogens is 243 g/mol. The minimum atomic E-state index is -0.239. The lowest BCUT2D eigenvalue weighted by molar-refractivity contribution is 0.396. The summed E-state index contributed by atoms with van der Waals surface area (Å²) in [6.07, 6.45) is 0.810. The number of rotatable bonds is 4. The zero-order valence-corrected chi connectivity index (χ0v) is 11.4. The fourth-order valence-corrected chi connectivity index (χ4v) is 2.22. The van der Waals surface area contributed by atoms with Crippen LogP contribution in [0.15, 0.2) is 18.2 Å². The van der Waals surface area contributed by atoms with E-state index in [1.165, 1.54) is 0 Å². The Labute approximate surface area is 107 Å². The maximum atomic E-state index is 6.17. The summed E-state index contributed by atoms with van der Waals surface area (Å²) in [4.78, 5) is 0. The molecule has 16 heavy (non-hydrogen) atoms. The first kappa shape index (κ1) is 13.8. The fourth-order valence-electron chi connectivity index (χ4n) is 1.68. The number of halogens is 2. The monoisotopic (exact) mass is 260 g/mol. The Kier molecular flexibility index (Phi) is 4.62. The summed E-state index contributed by atoms with van der Waals surface area (Å²) < 4.78 is 0. The normalized spacial score (nSPS) is 13.9. The van der Waals surface area contributed by atoms with E-state index in [4.69, 9.17) is 28.9 Å². The Balaban J connectivity index is 2.95. The van der Waals surface area contributed by atoms with Crippen LogP contribution >= 0.6 is 23.2 Å². The molecule has 0 aromatic heterocycles. The maximum absolute atomic E-state index is 6.17. The second-order valence-corrected chi connectivity index (χ2v) is 5.54. The fraction of sp³-hybridized carbons (Fsp3) is 0.500. The smallest absolute Gasteiger partial charge is 0.0468 e. The minimum absolute atomic E-state index is 0.143. The van der Waals surface area contributed by atoms with Crippen LogP contribution < -0.4 is 11.1 Å². The van der Waals surface area contributed by atoms with Crippen molar-refractivity contribution in [1.82, 2.24) is 5.32 Å². The van der Waals surface area contributed by atoms with Gasteiger partial charge in [0.15, 0.2) is 0 Å². The molecule has 1 unspecified atom stereocenters. The van der Waals surface area contributed by atoms with Crippen molar-refractivity contribution in [3.05, 3.63) is 33.8 Å². The van der Waals surface area contributed by atoms with Crippen LogP contribution in [0.4, 0.5) is 0 Å². The molecule has 0 aliphatic carbocycles. The van der Waals surface area contributed by atoms with Crippen molar-refractivity contribution < 1.29 is 0 Å². The van der Waals surface area contributed by atoms with Crippen molar-refractivity contribution in [2.75, 3.05) is 7.05 Å². The second-order valence-electron chi connectivity index (χ2n) is 4.70. The summed E-state index contributed by atoms with van der Waals surface area (Å²) in [7, 11) is 1.90. The van der Waals surface area contributed by atoms with Crippen molar-refractivity contribution in [2.24, 2.45) is 5.73 Å². The van der Waals surface area contributed by atoms with Gasteiger partial charge in [0, 0.05) is 21.6 Å². The van der Waals surface area contributed by atoms with Gasteiger partial charge in [-0.2, -0.15) is 0 Å². The lowest BCUT2D eigenvalue weighted by atomic mass is 9.92. The van der Waals surface area contributed by atoms with E-state index < -0.39 is 0 Å². The van der Waals surface area contributed by atoms with Gasteiger partial charge in [-0.15, -0.1) is 0 Å². The van der Waals surface area contributed by atoms with Gasteiger partial charge in [-0.25, -0.2) is 0 Å². The van der Waals surface area contributed by atoms with E-state index in [1.54, 1.807) is 6.07 Å².